The molecular weight excluding hydrogens is 580 g/mol. The van der Waals surface area contributed by atoms with E-state index in [1.165, 1.54) is 30.9 Å². The fourth-order valence-corrected chi connectivity index (χ4v) is 5.62. The van der Waals surface area contributed by atoms with Crippen molar-refractivity contribution in [1.29, 1.82) is 0 Å². The van der Waals surface area contributed by atoms with Crippen LogP contribution in [0, 0.1) is 0 Å². The quantitative estimate of drug-likeness (QED) is 0.360. The lowest BCUT2D eigenvalue weighted by atomic mass is 10.1. The zero-order valence-electron chi connectivity index (χ0n) is 25.0. The van der Waals surface area contributed by atoms with Gasteiger partial charge in [0.1, 0.15) is 29.1 Å². The van der Waals surface area contributed by atoms with Crippen LogP contribution in [0.5, 0.6) is 23.0 Å². The second-order valence-electron chi connectivity index (χ2n) is 10.9. The van der Waals surface area contributed by atoms with E-state index in [0.717, 1.165) is 5.56 Å². The van der Waals surface area contributed by atoms with Crippen LogP contribution in [0.1, 0.15) is 26.3 Å². The fraction of sp³-hybridized carbons (Fsp3) is 0.273. The third kappa shape index (κ3) is 5.99. The van der Waals surface area contributed by atoms with Gasteiger partial charge in [-0.05, 0) is 30.3 Å². The highest BCUT2D eigenvalue weighted by Gasteiger charge is 2.39. The number of methoxy groups -OCH3 is 2. The third-order valence-electron chi connectivity index (χ3n) is 8.02. The van der Waals surface area contributed by atoms with Crippen molar-refractivity contribution in [3.63, 3.8) is 0 Å². The van der Waals surface area contributed by atoms with Gasteiger partial charge in [-0.3, -0.25) is 19.2 Å². The van der Waals surface area contributed by atoms with E-state index in [1.807, 2.05) is 12.1 Å². The first-order valence-corrected chi connectivity index (χ1v) is 14.3. The molecule has 0 radical (unpaired) electrons. The number of nitrogens with zero attached hydrogens (tertiary/aromatic N) is 2. The minimum absolute atomic E-state index is 0.125. The van der Waals surface area contributed by atoms with Crippen LogP contribution in [-0.2, 0) is 18.4 Å². The molecule has 4 aromatic rings. The number of aryl methyl sites for hydroxylation is 1. The first kappa shape index (κ1) is 29.5. The summed E-state index contributed by atoms with van der Waals surface area (Å²) in [5.41, 5.74) is 1.56. The summed E-state index contributed by atoms with van der Waals surface area (Å²) in [6.07, 6.45) is -0.650. The largest absolute Gasteiger partial charge is 0.497 e. The van der Waals surface area contributed by atoms with Crippen molar-refractivity contribution in [1.82, 2.24) is 20.1 Å². The van der Waals surface area contributed by atoms with Gasteiger partial charge in [0.2, 0.25) is 0 Å². The number of benzene rings is 3. The van der Waals surface area contributed by atoms with Gasteiger partial charge in [0, 0.05) is 54.8 Å². The number of rotatable bonds is 3. The minimum atomic E-state index is -0.650. The van der Waals surface area contributed by atoms with E-state index in [1.54, 1.807) is 54.4 Å². The monoisotopic (exact) mass is 612 g/mol. The molecule has 0 saturated carbocycles. The summed E-state index contributed by atoms with van der Waals surface area (Å²) >= 11 is 0. The van der Waals surface area contributed by atoms with Crippen LogP contribution in [0.15, 0.2) is 71.5 Å². The van der Waals surface area contributed by atoms with E-state index in [-0.39, 0.29) is 60.5 Å². The van der Waals surface area contributed by atoms with Gasteiger partial charge in [0.25, 0.3) is 23.3 Å². The lowest BCUT2D eigenvalue weighted by Gasteiger charge is -2.22. The van der Waals surface area contributed by atoms with E-state index < -0.39 is 18.1 Å². The summed E-state index contributed by atoms with van der Waals surface area (Å²) in [7, 11) is 4.64. The molecule has 0 aliphatic carbocycles. The number of amides is 3. The predicted molar refractivity (Wildman–Crippen MR) is 164 cm³/mol. The van der Waals surface area contributed by atoms with Gasteiger partial charge in [0.15, 0.2) is 6.61 Å². The average molecular weight is 613 g/mol. The van der Waals surface area contributed by atoms with E-state index in [2.05, 4.69) is 10.6 Å². The van der Waals surface area contributed by atoms with Crippen LogP contribution in [0.3, 0.4) is 0 Å². The molecule has 0 unspecified atom stereocenters. The number of fused-ring (bicyclic) bond motifs is 8. The Bertz CT molecular complexity index is 1870. The first-order chi connectivity index (χ1) is 21.7. The maximum Gasteiger partial charge on any atom is 0.258 e. The van der Waals surface area contributed by atoms with Crippen molar-refractivity contribution in [3.05, 3.63) is 93.8 Å². The molecule has 4 heterocycles. The normalized spacial score (nSPS) is 18.2. The zero-order chi connectivity index (χ0) is 31.7. The topological polar surface area (TPSA) is 137 Å². The molecule has 3 amide bonds. The smallest absolute Gasteiger partial charge is 0.258 e. The molecule has 45 heavy (non-hydrogen) atoms. The van der Waals surface area contributed by atoms with Crippen LogP contribution in [0.4, 0.5) is 0 Å². The number of carbonyl (C=O) groups excluding carboxylic acids is 3. The van der Waals surface area contributed by atoms with Crippen molar-refractivity contribution in [3.8, 4) is 23.0 Å². The van der Waals surface area contributed by atoms with Crippen molar-refractivity contribution < 1.29 is 33.3 Å². The summed E-state index contributed by atoms with van der Waals surface area (Å²) in [5, 5.41) is 6.46. The molecule has 12 nitrogen and oxygen atoms in total. The van der Waals surface area contributed by atoms with E-state index in [9.17, 15) is 19.2 Å². The molecule has 232 valence electrons. The highest BCUT2D eigenvalue weighted by molar-refractivity contribution is 6.06. The summed E-state index contributed by atoms with van der Waals surface area (Å²) in [5.74, 6) is 0.424. The Morgan fingerprint density at radius 2 is 1.76 bits per heavy atom. The number of nitrogens with one attached hydrogen (secondary N) is 2. The van der Waals surface area contributed by atoms with Crippen LogP contribution in [-0.4, -0.2) is 73.3 Å². The van der Waals surface area contributed by atoms with E-state index in [4.69, 9.17) is 18.9 Å². The number of hydrogen-bond acceptors (Lipinski definition) is 8. The number of likely N-dealkylation sites (tertiary alicyclic amines) is 1. The van der Waals surface area contributed by atoms with Crippen LogP contribution in [0.2, 0.25) is 0 Å². The standard InChI is InChI=1S/C33H32N4O8/c1-36-27-7-5-4-6-24(27)25(14-31(36)39)33(41)37-16-26-29(17-37)45-21-9-8-19(28(13-21)43-3)15-34-30(38)18-44-23-11-20(32(40)35-26)10-22(12-23)42-2/h4-14,26,29H,15-18H2,1-3H3,(H,34,38)(H,35,40)/t26-,29-/m0/s1. The summed E-state index contributed by atoms with van der Waals surface area (Å²) in [6, 6.07) is 17.8. The van der Waals surface area contributed by atoms with Gasteiger partial charge in [-0.25, -0.2) is 0 Å². The Balaban J connectivity index is 1.37. The number of para-hydroxylation sites is 1. The summed E-state index contributed by atoms with van der Waals surface area (Å²) < 4.78 is 24.5. The number of hydrogen-bond donors (Lipinski definition) is 2. The summed E-state index contributed by atoms with van der Waals surface area (Å²) in [4.78, 5) is 54.4. The molecule has 3 aliphatic rings. The molecule has 2 atom stereocenters. The molecule has 3 aromatic carbocycles. The first-order valence-electron chi connectivity index (χ1n) is 14.3. The van der Waals surface area contributed by atoms with Gasteiger partial charge >= 0.3 is 0 Å². The third-order valence-corrected chi connectivity index (χ3v) is 8.02. The molecular formula is C33H32N4O8. The fourth-order valence-electron chi connectivity index (χ4n) is 5.62. The maximum absolute atomic E-state index is 14.0. The van der Waals surface area contributed by atoms with Gasteiger partial charge in [-0.2, -0.15) is 0 Å². The number of carbonyl (C=O) groups is 3. The Morgan fingerprint density at radius 1 is 0.933 bits per heavy atom. The maximum atomic E-state index is 14.0. The molecule has 0 spiro atoms. The molecule has 7 rings (SSSR count). The van der Waals surface area contributed by atoms with Crippen molar-refractivity contribution in [2.45, 2.75) is 18.7 Å². The Labute approximate surface area is 258 Å². The van der Waals surface area contributed by atoms with Crippen molar-refractivity contribution in [2.75, 3.05) is 33.9 Å². The highest BCUT2D eigenvalue weighted by Crippen LogP contribution is 2.29. The Morgan fingerprint density at radius 3 is 2.56 bits per heavy atom. The van der Waals surface area contributed by atoms with E-state index in [0.29, 0.717) is 28.2 Å². The van der Waals surface area contributed by atoms with Crippen LogP contribution < -0.4 is 35.1 Å². The molecule has 1 fully saturated rings. The average Bonchev–Trinajstić information content (AvgIpc) is 3.45. The van der Waals surface area contributed by atoms with Gasteiger partial charge in [0.05, 0.1) is 37.9 Å². The van der Waals surface area contributed by atoms with Crippen molar-refractivity contribution in [2.24, 2.45) is 7.05 Å². The lowest BCUT2D eigenvalue weighted by molar-refractivity contribution is -0.123. The Hall–Kier alpha value is -5.52. The van der Waals surface area contributed by atoms with Crippen LogP contribution >= 0.6 is 0 Å². The number of aromatic nitrogens is 1. The second kappa shape index (κ2) is 12.2. The van der Waals surface area contributed by atoms with Gasteiger partial charge < -0.3 is 39.0 Å². The molecule has 2 N–H and O–H groups in total. The molecule has 3 aliphatic heterocycles. The predicted octanol–water partition coefficient (Wildman–Crippen LogP) is 2.27. The highest BCUT2D eigenvalue weighted by atomic mass is 16.5. The van der Waals surface area contributed by atoms with Crippen LogP contribution in [0.25, 0.3) is 10.9 Å². The van der Waals surface area contributed by atoms with Gasteiger partial charge in [-0.1, -0.05) is 18.2 Å². The SMILES string of the molecule is COc1cc2cc(c1)C(=O)N[C@H]1CN(C(=O)c3cc(=O)n(C)c4ccccc34)C[C@@H]1Oc1ccc(c(OC)c1)CNC(=O)CO2. The van der Waals surface area contributed by atoms with Gasteiger partial charge in [-0.15, -0.1) is 0 Å². The van der Waals surface area contributed by atoms with E-state index >= 15 is 0 Å². The minimum Gasteiger partial charge on any atom is -0.497 e. The second-order valence-corrected chi connectivity index (χ2v) is 10.9. The lowest BCUT2D eigenvalue weighted by Crippen LogP contribution is -2.45. The number of ether oxygens (including phenoxy) is 4. The molecule has 1 saturated heterocycles. The molecule has 1 aromatic heterocycles. The van der Waals surface area contributed by atoms with Crippen molar-refractivity contribution >= 4 is 28.6 Å². The zero-order valence-corrected chi connectivity index (χ0v) is 25.0. The Kier molecular flexibility index (Phi) is 8.03. The summed E-state index contributed by atoms with van der Waals surface area (Å²) in [6.45, 7) is 0.171. The number of pyridine rings is 1. The molecule has 12 heteroatoms. The molecule has 4 bridgehead atoms.